The second-order valence-electron chi connectivity index (χ2n) is 9.62. The van der Waals surface area contributed by atoms with Gasteiger partial charge < -0.3 is 25.5 Å². The molecule has 2 bridgehead atoms. The van der Waals surface area contributed by atoms with Crippen molar-refractivity contribution in [3.05, 3.63) is 0 Å². The van der Waals surface area contributed by atoms with Gasteiger partial charge in [-0.15, -0.1) is 0 Å². The SMILES string of the molecule is CC(C)C[C@H](NC(=O)OC[C@H]1C[C@H]2CC[C@@H]1C2)C(=O)N[C@H](C=O)C[C@@H]1CCNC1=O. The highest BCUT2D eigenvalue weighted by atomic mass is 16.5. The summed E-state index contributed by atoms with van der Waals surface area (Å²) in [6.45, 7) is 4.91. The Balaban J connectivity index is 1.48. The van der Waals surface area contributed by atoms with E-state index in [2.05, 4.69) is 16.0 Å². The van der Waals surface area contributed by atoms with Gasteiger partial charge in [0.1, 0.15) is 12.3 Å². The van der Waals surface area contributed by atoms with E-state index in [4.69, 9.17) is 4.74 Å². The second-order valence-corrected chi connectivity index (χ2v) is 9.62. The Morgan fingerprint density at radius 3 is 2.57 bits per heavy atom. The summed E-state index contributed by atoms with van der Waals surface area (Å²) in [5.74, 6) is 1.27. The van der Waals surface area contributed by atoms with Gasteiger partial charge in [-0.2, -0.15) is 0 Å². The van der Waals surface area contributed by atoms with Gasteiger partial charge in [-0.1, -0.05) is 20.3 Å². The molecule has 3 amide bonds. The van der Waals surface area contributed by atoms with Crippen molar-refractivity contribution < 1.29 is 23.9 Å². The Hall–Kier alpha value is -2.12. The summed E-state index contributed by atoms with van der Waals surface area (Å²) in [5.41, 5.74) is 0. The first-order valence-electron chi connectivity index (χ1n) is 11.3. The van der Waals surface area contributed by atoms with E-state index >= 15 is 0 Å². The zero-order valence-electron chi connectivity index (χ0n) is 18.0. The summed E-state index contributed by atoms with van der Waals surface area (Å²) in [5, 5.41) is 8.10. The molecule has 3 rings (SSSR count). The number of alkyl carbamates (subject to hydrolysis) is 1. The van der Waals surface area contributed by atoms with Crippen LogP contribution in [0, 0.1) is 29.6 Å². The third-order valence-electron chi connectivity index (χ3n) is 6.82. The number of hydrogen-bond acceptors (Lipinski definition) is 5. The van der Waals surface area contributed by atoms with Gasteiger partial charge in [-0.3, -0.25) is 9.59 Å². The van der Waals surface area contributed by atoms with E-state index in [1.165, 1.54) is 19.3 Å². The van der Waals surface area contributed by atoms with E-state index in [9.17, 15) is 19.2 Å². The van der Waals surface area contributed by atoms with Crippen LogP contribution in [-0.2, 0) is 19.1 Å². The number of carbonyl (C=O) groups excluding carboxylic acids is 4. The third kappa shape index (κ3) is 5.95. The van der Waals surface area contributed by atoms with Crippen LogP contribution in [0.15, 0.2) is 0 Å². The zero-order valence-corrected chi connectivity index (χ0v) is 18.0. The Bertz CT molecular complexity index is 653. The molecule has 8 heteroatoms. The molecule has 0 spiro atoms. The Kier molecular flexibility index (Phi) is 7.72. The molecule has 2 saturated carbocycles. The van der Waals surface area contributed by atoms with Crippen molar-refractivity contribution in [3.8, 4) is 0 Å². The minimum Gasteiger partial charge on any atom is -0.449 e. The Morgan fingerprint density at radius 1 is 1.20 bits per heavy atom. The summed E-state index contributed by atoms with van der Waals surface area (Å²) < 4.78 is 5.44. The number of nitrogens with one attached hydrogen (secondary N) is 3. The van der Waals surface area contributed by atoms with Crippen LogP contribution < -0.4 is 16.0 Å². The molecule has 1 heterocycles. The number of amides is 3. The molecule has 30 heavy (non-hydrogen) atoms. The van der Waals surface area contributed by atoms with Gasteiger partial charge >= 0.3 is 6.09 Å². The molecule has 8 nitrogen and oxygen atoms in total. The minimum atomic E-state index is -0.780. The predicted molar refractivity (Wildman–Crippen MR) is 110 cm³/mol. The smallest absolute Gasteiger partial charge is 0.407 e. The van der Waals surface area contributed by atoms with E-state index in [0.29, 0.717) is 44.1 Å². The van der Waals surface area contributed by atoms with Crippen molar-refractivity contribution in [3.63, 3.8) is 0 Å². The maximum atomic E-state index is 12.8. The molecule has 3 fully saturated rings. The highest BCUT2D eigenvalue weighted by Gasteiger charge is 2.40. The molecule has 3 N–H and O–H groups in total. The van der Waals surface area contributed by atoms with Crippen LogP contribution in [0.3, 0.4) is 0 Å². The molecule has 0 radical (unpaired) electrons. The third-order valence-corrected chi connectivity index (χ3v) is 6.82. The molecule has 0 unspecified atom stereocenters. The lowest BCUT2D eigenvalue weighted by atomic mass is 9.90. The number of ether oxygens (including phenoxy) is 1. The van der Waals surface area contributed by atoms with Crippen LogP contribution in [0.1, 0.15) is 58.8 Å². The van der Waals surface area contributed by atoms with Gasteiger partial charge in [0.2, 0.25) is 11.8 Å². The maximum absolute atomic E-state index is 12.8. The lowest BCUT2D eigenvalue weighted by Gasteiger charge is -2.24. The van der Waals surface area contributed by atoms with Crippen LogP contribution in [0.4, 0.5) is 4.79 Å². The fourth-order valence-corrected chi connectivity index (χ4v) is 5.26. The molecule has 6 atom stereocenters. The van der Waals surface area contributed by atoms with Crippen molar-refractivity contribution in [2.75, 3.05) is 13.2 Å². The highest BCUT2D eigenvalue weighted by molar-refractivity contribution is 5.88. The van der Waals surface area contributed by atoms with Gasteiger partial charge in [-0.05, 0) is 62.2 Å². The van der Waals surface area contributed by atoms with Crippen LogP contribution in [0.25, 0.3) is 0 Å². The van der Waals surface area contributed by atoms with Gasteiger partial charge in [0.05, 0.1) is 12.6 Å². The average molecular weight is 422 g/mol. The van der Waals surface area contributed by atoms with Crippen LogP contribution in [-0.4, -0.2) is 49.4 Å². The van der Waals surface area contributed by atoms with Crippen LogP contribution in [0.2, 0.25) is 0 Å². The fourth-order valence-electron chi connectivity index (χ4n) is 5.26. The quantitative estimate of drug-likeness (QED) is 0.465. The number of aldehydes is 1. The van der Waals surface area contributed by atoms with Crippen molar-refractivity contribution in [2.45, 2.75) is 70.9 Å². The molecule has 0 aromatic carbocycles. The Labute approximate surface area is 178 Å². The summed E-state index contributed by atoms with van der Waals surface area (Å²) in [7, 11) is 0. The monoisotopic (exact) mass is 421 g/mol. The molecule has 1 aliphatic heterocycles. The topological polar surface area (TPSA) is 114 Å². The molecular formula is C22H35N3O5. The first-order chi connectivity index (χ1) is 14.4. The van der Waals surface area contributed by atoms with Crippen LogP contribution >= 0.6 is 0 Å². The van der Waals surface area contributed by atoms with E-state index in [1.807, 2.05) is 13.8 Å². The number of fused-ring (bicyclic) bond motifs is 2. The summed E-state index contributed by atoms with van der Waals surface area (Å²) in [6, 6.07) is -1.54. The summed E-state index contributed by atoms with van der Waals surface area (Å²) >= 11 is 0. The number of rotatable bonds is 10. The molecular weight excluding hydrogens is 386 g/mol. The largest absolute Gasteiger partial charge is 0.449 e. The highest BCUT2D eigenvalue weighted by Crippen LogP contribution is 2.48. The predicted octanol–water partition coefficient (Wildman–Crippen LogP) is 1.77. The first kappa shape index (κ1) is 22.6. The fraction of sp³-hybridized carbons (Fsp3) is 0.818. The molecule has 2 aliphatic carbocycles. The number of carbonyl (C=O) groups is 4. The second kappa shape index (κ2) is 10.3. The van der Waals surface area contributed by atoms with Gasteiger partial charge in [0.25, 0.3) is 0 Å². The van der Waals surface area contributed by atoms with Crippen molar-refractivity contribution >= 4 is 24.2 Å². The molecule has 0 aromatic rings. The molecule has 3 aliphatic rings. The number of hydrogen-bond donors (Lipinski definition) is 3. The Morgan fingerprint density at radius 2 is 2.00 bits per heavy atom. The van der Waals surface area contributed by atoms with Crippen molar-refractivity contribution in [1.29, 1.82) is 0 Å². The lowest BCUT2D eigenvalue weighted by molar-refractivity contribution is -0.127. The van der Waals surface area contributed by atoms with E-state index < -0.39 is 24.1 Å². The lowest BCUT2D eigenvalue weighted by Crippen LogP contribution is -2.51. The summed E-state index contributed by atoms with van der Waals surface area (Å²) in [4.78, 5) is 48.3. The molecule has 168 valence electrons. The van der Waals surface area contributed by atoms with Crippen LogP contribution in [0.5, 0.6) is 0 Å². The minimum absolute atomic E-state index is 0.0860. The molecule has 1 saturated heterocycles. The zero-order chi connectivity index (χ0) is 21.7. The van der Waals surface area contributed by atoms with Gasteiger partial charge in [0, 0.05) is 12.5 Å². The average Bonchev–Trinajstić information content (AvgIpc) is 3.42. The van der Waals surface area contributed by atoms with E-state index in [0.717, 1.165) is 12.3 Å². The first-order valence-corrected chi connectivity index (χ1v) is 11.3. The standard InChI is InChI=1S/C22H35N3O5/c1-13(2)7-19(21(28)24-18(11-26)10-16-5-6-23-20(16)27)25-22(29)30-12-17-9-14-3-4-15(17)8-14/h11,13-19H,3-10,12H2,1-2H3,(H,23,27)(H,24,28)(H,25,29)/t14-,15+,16-,17+,18-,19-/m0/s1. The van der Waals surface area contributed by atoms with E-state index in [-0.39, 0.29) is 24.2 Å². The van der Waals surface area contributed by atoms with Crippen molar-refractivity contribution in [2.24, 2.45) is 29.6 Å². The van der Waals surface area contributed by atoms with Gasteiger partial charge in [0.15, 0.2) is 0 Å². The van der Waals surface area contributed by atoms with Gasteiger partial charge in [-0.25, -0.2) is 4.79 Å². The van der Waals surface area contributed by atoms with E-state index in [1.54, 1.807) is 0 Å². The van der Waals surface area contributed by atoms with Crippen molar-refractivity contribution in [1.82, 2.24) is 16.0 Å². The molecule has 0 aromatic heterocycles. The summed E-state index contributed by atoms with van der Waals surface area (Å²) in [6.07, 6.45) is 6.33. The normalized spacial score (nSPS) is 29.4. The maximum Gasteiger partial charge on any atom is 0.407 e.